The van der Waals surface area contributed by atoms with E-state index in [9.17, 15) is 0 Å². The third-order valence-electron chi connectivity index (χ3n) is 3.74. The van der Waals surface area contributed by atoms with Crippen molar-refractivity contribution >= 4 is 22.8 Å². The molecule has 0 amide bonds. The van der Waals surface area contributed by atoms with Gasteiger partial charge in [-0.05, 0) is 31.0 Å². The minimum Gasteiger partial charge on any atom is -0.460 e. The fraction of sp³-hybridized carbons (Fsp3) is 0.222. The predicted molar refractivity (Wildman–Crippen MR) is 90.0 cm³/mol. The summed E-state index contributed by atoms with van der Waals surface area (Å²) in [5, 5.41) is 16.1. The number of fused-ring (bicyclic) bond motifs is 1. The van der Waals surface area contributed by atoms with Gasteiger partial charge in [-0.3, -0.25) is 0 Å². The number of aryl methyl sites for hydroxylation is 1. The van der Waals surface area contributed by atoms with Crippen LogP contribution in [0.5, 0.6) is 0 Å². The van der Waals surface area contributed by atoms with Crippen LogP contribution in [0.1, 0.15) is 24.4 Å². The van der Waals surface area contributed by atoms with Crippen LogP contribution in [0.3, 0.4) is 0 Å². The Hall–Kier alpha value is -2.82. The smallest absolute Gasteiger partial charge is 0.212 e. The average Bonchev–Trinajstić information content (AvgIpc) is 3.02. The zero-order valence-electron chi connectivity index (χ0n) is 12.8. The third kappa shape index (κ3) is 3.88. The van der Waals surface area contributed by atoms with Gasteiger partial charge in [0.2, 0.25) is 5.52 Å². The van der Waals surface area contributed by atoms with Gasteiger partial charge in [0.1, 0.15) is 17.7 Å². The Morgan fingerprint density at radius 1 is 1.13 bits per heavy atom. The van der Waals surface area contributed by atoms with E-state index in [2.05, 4.69) is 33.7 Å². The second kappa shape index (κ2) is 7.45. The zero-order chi connectivity index (χ0) is 15.9. The minimum absolute atomic E-state index is 0.577. The Balaban J connectivity index is 1.47. The lowest BCUT2D eigenvalue weighted by molar-refractivity contribution is -0.344. The van der Waals surface area contributed by atoms with E-state index in [0.29, 0.717) is 5.76 Å². The number of furan rings is 1. The largest absolute Gasteiger partial charge is 0.460 e. The molecular weight excluding hydrogens is 290 g/mol. The number of anilines is 1. The van der Waals surface area contributed by atoms with E-state index in [1.165, 1.54) is 11.6 Å². The first-order valence-corrected chi connectivity index (χ1v) is 7.76. The van der Waals surface area contributed by atoms with Gasteiger partial charge in [0.15, 0.2) is 6.20 Å². The van der Waals surface area contributed by atoms with Crippen molar-refractivity contribution in [2.75, 3.05) is 11.9 Å². The molecule has 0 bridgehead atoms. The summed E-state index contributed by atoms with van der Waals surface area (Å²) < 4.78 is 5.51. The maximum Gasteiger partial charge on any atom is 0.212 e. The lowest BCUT2D eigenvalue weighted by Gasteiger charge is -2.06. The van der Waals surface area contributed by atoms with E-state index < -0.39 is 0 Å². The topological polar surface area (TPSA) is 71.9 Å². The lowest BCUT2D eigenvalue weighted by atomic mass is 10.1. The molecule has 2 aromatic heterocycles. The minimum atomic E-state index is 0.577. The van der Waals surface area contributed by atoms with Gasteiger partial charge in [-0.25, -0.2) is 4.98 Å². The molecule has 5 heteroatoms. The number of H-pyrrole nitrogens is 1. The third-order valence-corrected chi connectivity index (χ3v) is 3.74. The second-order valence-corrected chi connectivity index (χ2v) is 5.37. The van der Waals surface area contributed by atoms with Gasteiger partial charge in [0.25, 0.3) is 0 Å². The summed E-state index contributed by atoms with van der Waals surface area (Å²) >= 11 is 0. The fourth-order valence-electron chi connectivity index (χ4n) is 2.60. The molecule has 0 radical (unpaired) electrons. The quantitative estimate of drug-likeness (QED) is 0.304. The Labute approximate surface area is 134 Å². The molecule has 118 valence electrons. The van der Waals surface area contributed by atoms with Gasteiger partial charge >= 0.3 is 0 Å². The molecule has 5 nitrogen and oxygen atoms in total. The van der Waals surface area contributed by atoms with Crippen LogP contribution in [0.15, 0.2) is 58.2 Å². The van der Waals surface area contributed by atoms with E-state index in [0.717, 1.165) is 42.8 Å². The fourth-order valence-corrected chi connectivity index (χ4v) is 2.60. The molecule has 2 heterocycles. The van der Waals surface area contributed by atoms with Crippen molar-refractivity contribution in [3.63, 3.8) is 0 Å². The number of pyridine rings is 1. The summed E-state index contributed by atoms with van der Waals surface area (Å²) in [4.78, 5) is 3.25. The number of hydrogen-bond donors (Lipinski definition) is 2. The van der Waals surface area contributed by atoms with Gasteiger partial charge < -0.3 is 14.9 Å². The van der Waals surface area contributed by atoms with E-state index in [4.69, 9.17) is 9.62 Å². The average molecular weight is 310 g/mol. The van der Waals surface area contributed by atoms with Gasteiger partial charge in [0.05, 0.1) is 11.1 Å². The summed E-state index contributed by atoms with van der Waals surface area (Å²) in [6.07, 6.45) is 6.22. The van der Waals surface area contributed by atoms with E-state index in [1.807, 2.05) is 24.4 Å². The number of rotatable bonds is 7. The van der Waals surface area contributed by atoms with Crippen LogP contribution in [0, 0.1) is 0 Å². The van der Waals surface area contributed by atoms with Crippen LogP contribution >= 0.6 is 0 Å². The molecule has 0 spiro atoms. The highest BCUT2D eigenvalue weighted by atomic mass is 16.4. The molecule has 0 aliphatic carbocycles. The lowest BCUT2D eigenvalue weighted by Crippen LogP contribution is -2.07. The molecule has 1 aromatic carbocycles. The Morgan fingerprint density at radius 2 is 2.04 bits per heavy atom. The second-order valence-electron chi connectivity index (χ2n) is 5.37. The number of oxime groups is 1. The van der Waals surface area contributed by atoms with Crippen LogP contribution in [-0.4, -0.2) is 18.0 Å². The van der Waals surface area contributed by atoms with Gasteiger partial charge in [0, 0.05) is 25.1 Å². The molecule has 3 aromatic rings. The molecule has 0 saturated carbocycles. The highest BCUT2D eigenvalue weighted by Crippen LogP contribution is 2.19. The standard InChI is InChI=1S/C18H19N3O2/c22-21-13-15-9-8-14(23-15)5-3-4-11-19-18-10-12-20-17-7-2-1-6-16(17)18/h1-2,6-10,12-13,22H,3-5,11H2,(H,19,20)/p+1/b21-13+. The number of nitrogens with one attached hydrogen (secondary N) is 2. The van der Waals surface area contributed by atoms with Gasteiger partial charge in [-0.15, -0.1) is 0 Å². The Kier molecular flexibility index (Phi) is 4.88. The predicted octanol–water partition coefficient (Wildman–Crippen LogP) is 3.49. The first-order valence-electron chi connectivity index (χ1n) is 7.76. The van der Waals surface area contributed by atoms with Crippen LogP contribution in [0.4, 0.5) is 5.69 Å². The first-order chi connectivity index (χ1) is 11.4. The summed E-state index contributed by atoms with van der Waals surface area (Å²) in [6.45, 7) is 0.916. The van der Waals surface area contributed by atoms with Crippen molar-refractivity contribution in [1.29, 1.82) is 0 Å². The number of para-hydroxylation sites is 1. The highest BCUT2D eigenvalue weighted by molar-refractivity contribution is 5.88. The number of hydrogen-bond acceptors (Lipinski definition) is 4. The van der Waals surface area contributed by atoms with Gasteiger partial charge in [-0.1, -0.05) is 17.3 Å². The van der Waals surface area contributed by atoms with Crippen molar-refractivity contribution in [2.45, 2.75) is 19.3 Å². The van der Waals surface area contributed by atoms with Crippen molar-refractivity contribution in [3.8, 4) is 0 Å². The van der Waals surface area contributed by atoms with Crippen LogP contribution in [-0.2, 0) is 6.42 Å². The maximum atomic E-state index is 8.46. The summed E-state index contributed by atoms with van der Waals surface area (Å²) in [7, 11) is 0. The van der Waals surface area contributed by atoms with E-state index in [-0.39, 0.29) is 0 Å². The van der Waals surface area contributed by atoms with Crippen molar-refractivity contribution in [1.82, 2.24) is 0 Å². The number of nitrogens with zero attached hydrogens (tertiary/aromatic N) is 1. The zero-order valence-corrected chi connectivity index (χ0v) is 12.8. The van der Waals surface area contributed by atoms with Crippen molar-refractivity contribution < 1.29 is 14.6 Å². The molecule has 0 atom stereocenters. The number of benzene rings is 1. The normalized spacial score (nSPS) is 11.3. The Bertz CT molecular complexity index is 790. The molecule has 3 rings (SSSR count). The molecule has 0 saturated heterocycles. The molecule has 0 fully saturated rings. The number of unbranched alkanes of at least 4 members (excludes halogenated alkanes) is 1. The van der Waals surface area contributed by atoms with Crippen LogP contribution in [0.2, 0.25) is 0 Å². The number of aromatic nitrogens is 1. The van der Waals surface area contributed by atoms with Crippen LogP contribution < -0.4 is 10.3 Å². The van der Waals surface area contributed by atoms with E-state index in [1.54, 1.807) is 6.07 Å². The van der Waals surface area contributed by atoms with E-state index >= 15 is 0 Å². The number of aromatic amines is 1. The summed E-state index contributed by atoms with van der Waals surface area (Å²) in [6, 6.07) is 14.1. The summed E-state index contributed by atoms with van der Waals surface area (Å²) in [5.74, 6) is 1.49. The first kappa shape index (κ1) is 15.1. The molecule has 0 unspecified atom stereocenters. The molecular formula is C18H20N3O2+. The maximum absolute atomic E-state index is 8.46. The monoisotopic (exact) mass is 310 g/mol. The molecule has 0 aliphatic heterocycles. The Morgan fingerprint density at radius 3 is 2.96 bits per heavy atom. The SMILES string of the molecule is O/N=C/c1ccc(CCCCNc2cc[nH+]c3ccccc23)o1. The van der Waals surface area contributed by atoms with Crippen LogP contribution in [0.25, 0.3) is 10.9 Å². The molecule has 3 N–H and O–H groups in total. The molecule has 23 heavy (non-hydrogen) atoms. The highest BCUT2D eigenvalue weighted by Gasteiger charge is 2.05. The van der Waals surface area contributed by atoms with Crippen molar-refractivity contribution in [3.05, 3.63) is 60.2 Å². The van der Waals surface area contributed by atoms with Crippen molar-refractivity contribution in [2.24, 2.45) is 5.16 Å². The summed E-state index contributed by atoms with van der Waals surface area (Å²) in [5.41, 5.74) is 2.28. The molecule has 0 aliphatic rings. The van der Waals surface area contributed by atoms with Gasteiger partial charge in [-0.2, -0.15) is 0 Å².